The van der Waals surface area contributed by atoms with Crippen LogP contribution in [0.25, 0.3) is 0 Å². The summed E-state index contributed by atoms with van der Waals surface area (Å²) in [5, 5.41) is 2.83. The third-order valence-corrected chi connectivity index (χ3v) is 2.91. The first-order valence-corrected chi connectivity index (χ1v) is 6.58. The number of aryl methyl sites for hydroxylation is 1. The molecule has 1 amide bonds. The summed E-state index contributed by atoms with van der Waals surface area (Å²) in [7, 11) is 0. The summed E-state index contributed by atoms with van der Waals surface area (Å²) in [6, 6.07) is 10.7. The normalized spacial score (nSPS) is 10.2. The van der Waals surface area contributed by atoms with Crippen LogP contribution in [0.2, 0.25) is 0 Å². The number of hydrogen-bond donors (Lipinski definition) is 1. The Morgan fingerprint density at radius 1 is 1.20 bits per heavy atom. The van der Waals surface area contributed by atoms with Crippen LogP contribution in [-0.2, 0) is 17.8 Å². The van der Waals surface area contributed by atoms with Gasteiger partial charge in [-0.15, -0.1) is 0 Å². The molecule has 2 aromatic rings. The van der Waals surface area contributed by atoms with E-state index in [1.165, 1.54) is 10.6 Å². The Labute approximate surface area is 117 Å². The minimum Gasteiger partial charge on any atom is -0.356 e. The number of rotatable bonds is 6. The van der Waals surface area contributed by atoms with Crippen molar-refractivity contribution in [3.05, 3.63) is 64.8 Å². The third kappa shape index (κ3) is 4.35. The van der Waals surface area contributed by atoms with Crippen molar-refractivity contribution in [1.29, 1.82) is 0 Å². The summed E-state index contributed by atoms with van der Waals surface area (Å²) in [4.78, 5) is 27.3. The molecule has 0 aliphatic heterocycles. The Kier molecular flexibility index (Phi) is 5.06. The largest absolute Gasteiger partial charge is 0.356 e. The highest BCUT2D eigenvalue weighted by Crippen LogP contribution is 1.94. The van der Waals surface area contributed by atoms with E-state index in [2.05, 4.69) is 10.3 Å². The number of aromatic nitrogens is 2. The van der Waals surface area contributed by atoms with E-state index in [-0.39, 0.29) is 11.5 Å². The maximum absolute atomic E-state index is 11.7. The number of amides is 1. The molecule has 0 atom stereocenters. The summed E-state index contributed by atoms with van der Waals surface area (Å²) in [5.74, 6) is -0.0586. The molecule has 0 radical (unpaired) electrons. The molecule has 2 heterocycles. The molecule has 20 heavy (non-hydrogen) atoms. The summed E-state index contributed by atoms with van der Waals surface area (Å²) in [6.45, 7) is 0.953. The maximum atomic E-state index is 11.7. The van der Waals surface area contributed by atoms with Crippen molar-refractivity contribution in [2.75, 3.05) is 6.54 Å². The molecule has 5 nitrogen and oxygen atoms in total. The Morgan fingerprint density at radius 2 is 2.05 bits per heavy atom. The molecular formula is C15H17N3O2. The fourth-order valence-corrected chi connectivity index (χ4v) is 1.83. The smallest absolute Gasteiger partial charge is 0.250 e. The third-order valence-electron chi connectivity index (χ3n) is 2.91. The zero-order valence-electron chi connectivity index (χ0n) is 11.2. The second kappa shape index (κ2) is 7.23. The molecule has 104 valence electrons. The molecule has 0 aliphatic rings. The average molecular weight is 271 g/mol. The first-order valence-electron chi connectivity index (χ1n) is 6.58. The van der Waals surface area contributed by atoms with Gasteiger partial charge in [0.25, 0.3) is 5.56 Å². The van der Waals surface area contributed by atoms with Crippen LogP contribution >= 0.6 is 0 Å². The fraction of sp³-hybridized carbons (Fsp3) is 0.267. The molecule has 2 aromatic heterocycles. The van der Waals surface area contributed by atoms with Crippen LogP contribution in [0.15, 0.2) is 53.6 Å². The molecule has 0 aromatic carbocycles. The van der Waals surface area contributed by atoms with Gasteiger partial charge < -0.3 is 9.88 Å². The lowest BCUT2D eigenvalue weighted by Gasteiger charge is -2.06. The van der Waals surface area contributed by atoms with Crippen LogP contribution in [-0.4, -0.2) is 22.0 Å². The highest BCUT2D eigenvalue weighted by atomic mass is 16.1. The number of carbonyl (C=O) groups is 1. The molecule has 0 spiro atoms. The van der Waals surface area contributed by atoms with Gasteiger partial charge in [0.2, 0.25) is 5.91 Å². The van der Waals surface area contributed by atoms with E-state index < -0.39 is 0 Å². The number of nitrogens with one attached hydrogen (secondary N) is 1. The van der Waals surface area contributed by atoms with Gasteiger partial charge >= 0.3 is 0 Å². The van der Waals surface area contributed by atoms with Gasteiger partial charge in [0.05, 0.1) is 0 Å². The van der Waals surface area contributed by atoms with Gasteiger partial charge in [-0.25, -0.2) is 0 Å². The van der Waals surface area contributed by atoms with E-state index in [9.17, 15) is 9.59 Å². The lowest BCUT2D eigenvalue weighted by Crippen LogP contribution is -2.28. The number of hydrogen-bond acceptors (Lipinski definition) is 3. The Hall–Kier alpha value is -2.43. The molecular weight excluding hydrogens is 254 g/mol. The van der Waals surface area contributed by atoms with E-state index >= 15 is 0 Å². The first-order chi connectivity index (χ1) is 9.75. The zero-order valence-corrected chi connectivity index (χ0v) is 11.2. The number of pyridine rings is 2. The standard InChI is InChI=1S/C15H17N3O2/c19-14(8-12-18-11-4-2-6-15(18)20)17-10-7-13-5-1-3-9-16-13/h1-6,9,11H,7-8,10,12H2,(H,17,19). The van der Waals surface area contributed by atoms with Gasteiger partial charge in [0.1, 0.15) is 0 Å². The van der Waals surface area contributed by atoms with E-state index in [1.807, 2.05) is 18.2 Å². The maximum Gasteiger partial charge on any atom is 0.250 e. The minimum atomic E-state index is -0.0891. The van der Waals surface area contributed by atoms with Crippen LogP contribution in [0, 0.1) is 0 Å². The number of carbonyl (C=O) groups excluding carboxylic acids is 1. The van der Waals surface area contributed by atoms with Gasteiger partial charge in [-0.2, -0.15) is 0 Å². The summed E-state index contributed by atoms with van der Waals surface area (Å²) < 4.78 is 1.53. The summed E-state index contributed by atoms with van der Waals surface area (Å²) in [5.41, 5.74) is 0.862. The van der Waals surface area contributed by atoms with Gasteiger partial charge in [0, 0.05) is 50.1 Å². The summed E-state index contributed by atoms with van der Waals surface area (Å²) >= 11 is 0. The molecule has 0 fully saturated rings. The van der Waals surface area contributed by atoms with Crippen molar-refractivity contribution >= 4 is 5.91 Å². The second-order valence-corrected chi connectivity index (χ2v) is 4.40. The molecule has 0 aliphatic carbocycles. The van der Waals surface area contributed by atoms with E-state index in [1.54, 1.807) is 24.5 Å². The SMILES string of the molecule is O=C(CCn1ccccc1=O)NCCc1ccccn1. The van der Waals surface area contributed by atoms with Crippen molar-refractivity contribution in [3.8, 4) is 0 Å². The molecule has 0 bridgehead atoms. The van der Waals surface area contributed by atoms with Crippen molar-refractivity contribution in [2.24, 2.45) is 0 Å². The molecule has 2 rings (SSSR count). The predicted octanol–water partition coefficient (Wildman–Crippen LogP) is 0.992. The van der Waals surface area contributed by atoms with Crippen LogP contribution in [0.4, 0.5) is 0 Å². The molecule has 0 saturated heterocycles. The summed E-state index contributed by atoms with van der Waals surface area (Å²) in [6.07, 6.45) is 4.42. The molecule has 5 heteroatoms. The first kappa shape index (κ1) is 14.0. The van der Waals surface area contributed by atoms with Crippen molar-refractivity contribution in [3.63, 3.8) is 0 Å². The van der Waals surface area contributed by atoms with Gasteiger partial charge in [0.15, 0.2) is 0 Å². The quantitative estimate of drug-likeness (QED) is 0.852. The predicted molar refractivity (Wildman–Crippen MR) is 76.3 cm³/mol. The Balaban J connectivity index is 1.71. The van der Waals surface area contributed by atoms with Crippen LogP contribution < -0.4 is 10.9 Å². The molecule has 0 unspecified atom stereocenters. The lowest BCUT2D eigenvalue weighted by atomic mass is 10.2. The highest BCUT2D eigenvalue weighted by Gasteiger charge is 2.02. The van der Waals surface area contributed by atoms with E-state index in [0.29, 0.717) is 25.9 Å². The van der Waals surface area contributed by atoms with Gasteiger partial charge in [-0.1, -0.05) is 12.1 Å². The minimum absolute atomic E-state index is 0.0586. The van der Waals surface area contributed by atoms with E-state index in [0.717, 1.165) is 5.69 Å². The van der Waals surface area contributed by atoms with Crippen molar-refractivity contribution in [1.82, 2.24) is 14.9 Å². The van der Waals surface area contributed by atoms with Crippen molar-refractivity contribution < 1.29 is 4.79 Å². The average Bonchev–Trinajstić information content (AvgIpc) is 2.47. The van der Waals surface area contributed by atoms with Crippen molar-refractivity contribution in [2.45, 2.75) is 19.4 Å². The Bertz CT molecular complexity index is 608. The topological polar surface area (TPSA) is 64.0 Å². The van der Waals surface area contributed by atoms with Crippen LogP contribution in [0.1, 0.15) is 12.1 Å². The second-order valence-electron chi connectivity index (χ2n) is 4.40. The molecule has 1 N–H and O–H groups in total. The van der Waals surface area contributed by atoms with Crippen LogP contribution in [0.3, 0.4) is 0 Å². The van der Waals surface area contributed by atoms with Gasteiger partial charge in [-0.05, 0) is 18.2 Å². The highest BCUT2D eigenvalue weighted by molar-refractivity contribution is 5.75. The van der Waals surface area contributed by atoms with Gasteiger partial charge in [-0.3, -0.25) is 14.6 Å². The fourth-order valence-electron chi connectivity index (χ4n) is 1.83. The monoisotopic (exact) mass is 271 g/mol. The zero-order chi connectivity index (χ0) is 14.2. The number of nitrogens with zero attached hydrogens (tertiary/aromatic N) is 2. The Morgan fingerprint density at radius 3 is 2.80 bits per heavy atom. The van der Waals surface area contributed by atoms with E-state index in [4.69, 9.17) is 0 Å². The molecule has 0 saturated carbocycles. The van der Waals surface area contributed by atoms with Crippen LogP contribution in [0.5, 0.6) is 0 Å². The lowest BCUT2D eigenvalue weighted by molar-refractivity contribution is -0.121.